The predicted octanol–water partition coefficient (Wildman–Crippen LogP) is 3.97. The number of carbonyl (C=O) groups excluding carboxylic acids is 1. The zero-order valence-electron chi connectivity index (χ0n) is 13.1. The van der Waals surface area contributed by atoms with Crippen LogP contribution in [0.15, 0.2) is 54.6 Å². The molecule has 114 valence electrons. The maximum absolute atomic E-state index is 11.7. The molecule has 2 heteroatoms. The van der Waals surface area contributed by atoms with Gasteiger partial charge in [-0.1, -0.05) is 68.4 Å². The third kappa shape index (κ3) is 2.71. The van der Waals surface area contributed by atoms with E-state index in [0.717, 1.165) is 0 Å². The van der Waals surface area contributed by atoms with Crippen molar-refractivity contribution in [2.24, 2.45) is 5.92 Å². The Morgan fingerprint density at radius 3 is 2.09 bits per heavy atom. The van der Waals surface area contributed by atoms with Crippen LogP contribution in [-0.4, -0.2) is 17.0 Å². The topological polar surface area (TPSA) is 37.3 Å². The van der Waals surface area contributed by atoms with E-state index in [9.17, 15) is 9.90 Å². The normalized spacial score (nSPS) is 22.0. The van der Waals surface area contributed by atoms with Gasteiger partial charge in [0.05, 0.1) is 0 Å². The van der Waals surface area contributed by atoms with E-state index in [0.29, 0.717) is 12.8 Å². The second kappa shape index (κ2) is 5.69. The SMILES string of the molecule is CC(C)(c1ccc(-c2ccccc2)cc1)[C@H]1CC(=O)[C@H](O)C1. The van der Waals surface area contributed by atoms with Crippen LogP contribution in [0.25, 0.3) is 11.1 Å². The van der Waals surface area contributed by atoms with Gasteiger partial charge < -0.3 is 5.11 Å². The number of rotatable bonds is 3. The Hall–Kier alpha value is -1.93. The summed E-state index contributed by atoms with van der Waals surface area (Å²) in [5.41, 5.74) is 3.52. The first-order valence-corrected chi connectivity index (χ1v) is 7.85. The quantitative estimate of drug-likeness (QED) is 0.930. The molecule has 1 aliphatic carbocycles. The summed E-state index contributed by atoms with van der Waals surface area (Å²) >= 11 is 0. The van der Waals surface area contributed by atoms with Gasteiger partial charge in [0.15, 0.2) is 5.78 Å². The predicted molar refractivity (Wildman–Crippen MR) is 88.6 cm³/mol. The van der Waals surface area contributed by atoms with Gasteiger partial charge in [-0.05, 0) is 34.4 Å². The van der Waals surface area contributed by atoms with Crippen LogP contribution in [-0.2, 0) is 10.2 Å². The van der Waals surface area contributed by atoms with Crippen LogP contribution in [0.4, 0.5) is 0 Å². The lowest BCUT2D eigenvalue weighted by atomic mass is 9.72. The van der Waals surface area contributed by atoms with Crippen molar-refractivity contribution in [2.75, 3.05) is 0 Å². The molecule has 0 unspecified atom stereocenters. The van der Waals surface area contributed by atoms with Crippen LogP contribution in [0.5, 0.6) is 0 Å². The number of aliphatic hydroxyl groups is 1. The minimum Gasteiger partial charge on any atom is -0.385 e. The molecule has 2 nitrogen and oxygen atoms in total. The van der Waals surface area contributed by atoms with Crippen molar-refractivity contribution in [1.29, 1.82) is 0 Å². The number of hydrogen-bond acceptors (Lipinski definition) is 2. The number of aliphatic hydroxyl groups excluding tert-OH is 1. The summed E-state index contributed by atoms with van der Waals surface area (Å²) in [6, 6.07) is 18.9. The van der Waals surface area contributed by atoms with Crippen LogP contribution in [0, 0.1) is 5.92 Å². The van der Waals surface area contributed by atoms with Gasteiger partial charge in [0.2, 0.25) is 0 Å². The van der Waals surface area contributed by atoms with Gasteiger partial charge in [0.25, 0.3) is 0 Å². The molecule has 1 N–H and O–H groups in total. The molecule has 3 rings (SSSR count). The third-order valence-corrected chi connectivity index (χ3v) is 5.08. The van der Waals surface area contributed by atoms with Crippen LogP contribution < -0.4 is 0 Å². The molecule has 22 heavy (non-hydrogen) atoms. The van der Waals surface area contributed by atoms with Gasteiger partial charge in [0.1, 0.15) is 6.10 Å². The van der Waals surface area contributed by atoms with E-state index in [-0.39, 0.29) is 17.1 Å². The second-order valence-electron chi connectivity index (χ2n) is 6.78. The van der Waals surface area contributed by atoms with Gasteiger partial charge >= 0.3 is 0 Å². The van der Waals surface area contributed by atoms with E-state index >= 15 is 0 Å². The Morgan fingerprint density at radius 2 is 1.55 bits per heavy atom. The Bertz CT molecular complexity index is 656. The van der Waals surface area contributed by atoms with E-state index in [1.54, 1.807) is 0 Å². The van der Waals surface area contributed by atoms with Crippen LogP contribution in [0.1, 0.15) is 32.3 Å². The Morgan fingerprint density at radius 1 is 0.955 bits per heavy atom. The minimum absolute atomic E-state index is 0.0148. The van der Waals surface area contributed by atoms with E-state index in [4.69, 9.17) is 0 Å². The monoisotopic (exact) mass is 294 g/mol. The molecule has 0 aromatic heterocycles. The number of ketones is 1. The summed E-state index contributed by atoms with van der Waals surface area (Å²) in [5, 5.41) is 9.72. The van der Waals surface area contributed by atoms with Crippen molar-refractivity contribution < 1.29 is 9.90 Å². The number of hydrogen-bond donors (Lipinski definition) is 1. The highest BCUT2D eigenvalue weighted by molar-refractivity contribution is 5.85. The van der Waals surface area contributed by atoms with Crippen molar-refractivity contribution in [3.8, 4) is 11.1 Å². The molecule has 0 amide bonds. The maximum Gasteiger partial charge on any atom is 0.161 e. The molecule has 0 bridgehead atoms. The smallest absolute Gasteiger partial charge is 0.161 e. The first kappa shape index (κ1) is 15.0. The lowest BCUT2D eigenvalue weighted by Gasteiger charge is -2.32. The van der Waals surface area contributed by atoms with Gasteiger partial charge in [-0.25, -0.2) is 0 Å². The molecule has 0 saturated heterocycles. The first-order valence-electron chi connectivity index (χ1n) is 7.85. The summed E-state index contributed by atoms with van der Waals surface area (Å²) < 4.78 is 0. The Balaban J connectivity index is 1.84. The van der Waals surface area contributed by atoms with Crippen molar-refractivity contribution in [3.63, 3.8) is 0 Å². The van der Waals surface area contributed by atoms with E-state index in [2.05, 4.69) is 50.2 Å². The largest absolute Gasteiger partial charge is 0.385 e. The van der Waals surface area contributed by atoms with Crippen LogP contribution in [0.2, 0.25) is 0 Å². The van der Waals surface area contributed by atoms with Crippen molar-refractivity contribution >= 4 is 5.78 Å². The first-order chi connectivity index (χ1) is 10.5. The Kier molecular flexibility index (Phi) is 3.88. The highest BCUT2D eigenvalue weighted by Gasteiger charge is 2.40. The lowest BCUT2D eigenvalue weighted by molar-refractivity contribution is -0.124. The molecule has 0 radical (unpaired) electrons. The van der Waals surface area contributed by atoms with E-state index in [1.807, 2.05) is 18.2 Å². The molecule has 2 atom stereocenters. The zero-order valence-corrected chi connectivity index (χ0v) is 13.1. The molecular formula is C20H22O2. The third-order valence-electron chi connectivity index (χ3n) is 5.08. The van der Waals surface area contributed by atoms with Crippen LogP contribution >= 0.6 is 0 Å². The fraction of sp³-hybridized carbons (Fsp3) is 0.350. The Labute approximate surface area is 131 Å². The molecular weight excluding hydrogens is 272 g/mol. The standard InChI is InChI=1S/C20H22O2/c1-20(2,17-12-18(21)19(22)13-17)16-10-8-15(9-11-16)14-6-4-3-5-7-14/h3-11,17-18,21H,12-13H2,1-2H3/t17-,18-/m1/s1. The number of carbonyl (C=O) groups is 1. The summed E-state index contributed by atoms with van der Waals surface area (Å²) in [6.07, 6.45) is 0.286. The van der Waals surface area contributed by atoms with Gasteiger partial charge in [-0.2, -0.15) is 0 Å². The molecule has 0 aliphatic heterocycles. The lowest BCUT2D eigenvalue weighted by Crippen LogP contribution is -2.27. The molecule has 0 spiro atoms. The highest BCUT2D eigenvalue weighted by Crippen LogP contribution is 2.41. The average molecular weight is 294 g/mol. The summed E-state index contributed by atoms with van der Waals surface area (Å²) in [4.78, 5) is 11.7. The molecule has 1 aliphatic rings. The fourth-order valence-electron chi connectivity index (χ4n) is 3.37. The van der Waals surface area contributed by atoms with Crippen molar-refractivity contribution in [1.82, 2.24) is 0 Å². The molecule has 0 heterocycles. The van der Waals surface area contributed by atoms with Gasteiger partial charge in [-0.15, -0.1) is 0 Å². The van der Waals surface area contributed by atoms with E-state index in [1.165, 1.54) is 16.7 Å². The zero-order chi connectivity index (χ0) is 15.7. The average Bonchev–Trinajstić information content (AvgIpc) is 2.88. The summed E-state index contributed by atoms with van der Waals surface area (Å²) in [5.74, 6) is 0.191. The minimum atomic E-state index is -0.770. The summed E-state index contributed by atoms with van der Waals surface area (Å²) in [6.45, 7) is 4.33. The molecule has 2 aromatic rings. The molecule has 2 aromatic carbocycles. The molecule has 1 saturated carbocycles. The van der Waals surface area contributed by atoms with Crippen LogP contribution in [0.3, 0.4) is 0 Å². The fourth-order valence-corrected chi connectivity index (χ4v) is 3.37. The number of Topliss-reactive ketones (excluding diaryl/α,β-unsaturated/α-hetero) is 1. The van der Waals surface area contributed by atoms with Gasteiger partial charge in [-0.3, -0.25) is 4.79 Å². The second-order valence-corrected chi connectivity index (χ2v) is 6.78. The van der Waals surface area contributed by atoms with E-state index < -0.39 is 6.10 Å². The van der Waals surface area contributed by atoms with Gasteiger partial charge in [0, 0.05) is 6.42 Å². The molecule has 1 fully saturated rings. The number of benzene rings is 2. The maximum atomic E-state index is 11.7. The van der Waals surface area contributed by atoms with Crippen molar-refractivity contribution in [2.45, 2.75) is 38.2 Å². The summed E-state index contributed by atoms with van der Waals surface area (Å²) in [7, 11) is 0. The highest BCUT2D eigenvalue weighted by atomic mass is 16.3. The van der Waals surface area contributed by atoms with Crippen molar-refractivity contribution in [3.05, 3.63) is 60.2 Å².